The molecular formula is C16H20N2O4. The fraction of sp³-hybridized carbons (Fsp3) is 0.438. The van der Waals surface area contributed by atoms with Gasteiger partial charge in [0, 0.05) is 0 Å². The number of hydrogen-bond donors (Lipinski definition) is 1. The number of esters is 1. The molecule has 0 aromatic heterocycles. The number of hydrogen-bond acceptors (Lipinski definition) is 5. The van der Waals surface area contributed by atoms with Crippen LogP contribution >= 0.6 is 0 Å². The van der Waals surface area contributed by atoms with Crippen LogP contribution in [0, 0.1) is 17.2 Å². The second-order valence-electron chi connectivity index (χ2n) is 5.32. The summed E-state index contributed by atoms with van der Waals surface area (Å²) in [6.07, 6.45) is 0. The van der Waals surface area contributed by atoms with Crippen molar-refractivity contribution in [3.63, 3.8) is 0 Å². The smallest absolute Gasteiger partial charge is 0.338 e. The summed E-state index contributed by atoms with van der Waals surface area (Å²) in [6, 6.07) is 8.41. The van der Waals surface area contributed by atoms with Gasteiger partial charge in [0.15, 0.2) is 6.61 Å². The third-order valence-corrected chi connectivity index (χ3v) is 3.45. The van der Waals surface area contributed by atoms with E-state index >= 15 is 0 Å². The molecule has 6 heteroatoms. The molecule has 0 bridgehead atoms. The molecule has 1 aromatic carbocycles. The highest BCUT2D eigenvalue weighted by Crippen LogP contribution is 2.15. The van der Waals surface area contributed by atoms with Crippen LogP contribution in [0.2, 0.25) is 0 Å². The minimum absolute atomic E-state index is 0.0706. The van der Waals surface area contributed by atoms with Crippen LogP contribution in [0.15, 0.2) is 24.3 Å². The van der Waals surface area contributed by atoms with Gasteiger partial charge in [-0.2, -0.15) is 5.26 Å². The minimum atomic E-state index is -0.996. The van der Waals surface area contributed by atoms with Crippen LogP contribution < -0.4 is 10.1 Å². The van der Waals surface area contributed by atoms with E-state index in [1.165, 1.54) is 7.11 Å². The number of carbonyl (C=O) groups excluding carboxylic acids is 2. The maximum absolute atomic E-state index is 11.8. The highest BCUT2D eigenvalue weighted by Gasteiger charge is 2.30. The molecule has 1 atom stereocenters. The number of ether oxygens (including phenoxy) is 2. The van der Waals surface area contributed by atoms with Crippen molar-refractivity contribution in [1.29, 1.82) is 5.26 Å². The van der Waals surface area contributed by atoms with E-state index in [0.29, 0.717) is 11.3 Å². The molecule has 0 aliphatic carbocycles. The van der Waals surface area contributed by atoms with E-state index in [-0.39, 0.29) is 5.92 Å². The summed E-state index contributed by atoms with van der Waals surface area (Å²) < 4.78 is 9.92. The van der Waals surface area contributed by atoms with Gasteiger partial charge >= 0.3 is 5.97 Å². The highest BCUT2D eigenvalue weighted by atomic mass is 16.5. The average Bonchev–Trinajstić information content (AvgIpc) is 2.52. The van der Waals surface area contributed by atoms with Crippen LogP contribution in [0.3, 0.4) is 0 Å². The molecule has 0 heterocycles. The number of carbonyl (C=O) groups is 2. The van der Waals surface area contributed by atoms with Crippen molar-refractivity contribution in [1.82, 2.24) is 5.32 Å². The largest absolute Gasteiger partial charge is 0.497 e. The predicted octanol–water partition coefficient (Wildman–Crippen LogP) is 1.91. The van der Waals surface area contributed by atoms with Crippen molar-refractivity contribution in [3.8, 4) is 11.8 Å². The van der Waals surface area contributed by atoms with Crippen LogP contribution in [0.5, 0.6) is 5.75 Å². The van der Waals surface area contributed by atoms with E-state index < -0.39 is 24.0 Å². The molecule has 0 radical (unpaired) electrons. The first-order valence-corrected chi connectivity index (χ1v) is 6.86. The predicted molar refractivity (Wildman–Crippen MR) is 80.3 cm³/mol. The van der Waals surface area contributed by atoms with Crippen LogP contribution in [-0.4, -0.2) is 31.1 Å². The van der Waals surface area contributed by atoms with Crippen molar-refractivity contribution in [3.05, 3.63) is 29.8 Å². The summed E-state index contributed by atoms with van der Waals surface area (Å²) in [4.78, 5) is 23.6. The molecule has 0 saturated carbocycles. The Hall–Kier alpha value is -2.55. The van der Waals surface area contributed by atoms with Gasteiger partial charge in [0.25, 0.3) is 5.91 Å². The first kappa shape index (κ1) is 17.5. The number of rotatable bonds is 6. The number of amides is 1. The summed E-state index contributed by atoms with van der Waals surface area (Å²) in [5.41, 5.74) is -0.677. The SMILES string of the molecule is COc1ccc(C(=O)OCC(=O)N[C@](C)(C#N)C(C)C)cc1. The van der Waals surface area contributed by atoms with E-state index in [0.717, 1.165) is 0 Å². The Kier molecular flexibility index (Phi) is 5.93. The molecule has 0 aliphatic heterocycles. The lowest BCUT2D eigenvalue weighted by Gasteiger charge is -2.27. The lowest BCUT2D eigenvalue weighted by Crippen LogP contribution is -2.50. The zero-order valence-electron chi connectivity index (χ0n) is 13.2. The topological polar surface area (TPSA) is 88.4 Å². The zero-order valence-corrected chi connectivity index (χ0v) is 13.2. The Morgan fingerprint density at radius 1 is 1.32 bits per heavy atom. The highest BCUT2D eigenvalue weighted by molar-refractivity contribution is 5.91. The Bertz CT molecular complexity index is 575. The minimum Gasteiger partial charge on any atom is -0.497 e. The lowest BCUT2D eigenvalue weighted by atomic mass is 9.90. The third-order valence-electron chi connectivity index (χ3n) is 3.45. The zero-order chi connectivity index (χ0) is 16.8. The monoisotopic (exact) mass is 304 g/mol. The number of methoxy groups -OCH3 is 1. The second-order valence-corrected chi connectivity index (χ2v) is 5.32. The van der Waals surface area contributed by atoms with Gasteiger partial charge < -0.3 is 14.8 Å². The van der Waals surface area contributed by atoms with Crippen LogP contribution in [0.25, 0.3) is 0 Å². The summed E-state index contributed by atoms with van der Waals surface area (Å²) in [7, 11) is 1.53. The van der Waals surface area contributed by atoms with Crippen LogP contribution in [0.1, 0.15) is 31.1 Å². The van der Waals surface area contributed by atoms with Gasteiger partial charge in [-0.15, -0.1) is 0 Å². The Balaban J connectivity index is 2.56. The molecule has 6 nitrogen and oxygen atoms in total. The maximum Gasteiger partial charge on any atom is 0.338 e. The summed E-state index contributed by atoms with van der Waals surface area (Å²) >= 11 is 0. The molecule has 0 spiro atoms. The molecule has 1 aromatic rings. The summed E-state index contributed by atoms with van der Waals surface area (Å²) in [5, 5.41) is 11.7. The molecule has 118 valence electrons. The maximum atomic E-state index is 11.8. The molecular weight excluding hydrogens is 284 g/mol. The van der Waals surface area contributed by atoms with Gasteiger partial charge in [0.1, 0.15) is 11.3 Å². The van der Waals surface area contributed by atoms with Crippen molar-refractivity contribution < 1.29 is 19.1 Å². The van der Waals surface area contributed by atoms with Crippen LogP contribution in [-0.2, 0) is 9.53 Å². The number of nitrogens with zero attached hydrogens (tertiary/aromatic N) is 1. The van der Waals surface area contributed by atoms with Crippen molar-refractivity contribution in [2.45, 2.75) is 26.3 Å². The van der Waals surface area contributed by atoms with Crippen LogP contribution in [0.4, 0.5) is 0 Å². The van der Waals surface area contributed by atoms with E-state index in [1.54, 1.807) is 31.2 Å². The molecule has 0 fully saturated rings. The molecule has 1 rings (SSSR count). The Morgan fingerprint density at radius 3 is 2.36 bits per heavy atom. The van der Waals surface area contributed by atoms with Gasteiger partial charge in [0.2, 0.25) is 0 Å². The van der Waals surface area contributed by atoms with Crippen molar-refractivity contribution in [2.75, 3.05) is 13.7 Å². The van der Waals surface area contributed by atoms with E-state index in [4.69, 9.17) is 14.7 Å². The first-order valence-electron chi connectivity index (χ1n) is 6.86. The molecule has 22 heavy (non-hydrogen) atoms. The van der Waals surface area contributed by atoms with Gasteiger partial charge in [-0.1, -0.05) is 13.8 Å². The summed E-state index contributed by atoms with van der Waals surface area (Å²) in [5.74, 6) is -0.574. The number of nitriles is 1. The molecule has 0 saturated heterocycles. The quantitative estimate of drug-likeness (QED) is 0.811. The van der Waals surface area contributed by atoms with E-state index in [1.807, 2.05) is 13.8 Å². The molecule has 1 amide bonds. The Morgan fingerprint density at radius 2 is 1.91 bits per heavy atom. The average molecular weight is 304 g/mol. The second kappa shape index (κ2) is 7.46. The summed E-state index contributed by atoms with van der Waals surface area (Å²) in [6.45, 7) is 4.84. The molecule has 0 unspecified atom stereocenters. The Labute approximate surface area is 130 Å². The van der Waals surface area contributed by atoms with Gasteiger partial charge in [-0.05, 0) is 37.1 Å². The number of nitrogens with one attached hydrogen (secondary N) is 1. The number of benzene rings is 1. The van der Waals surface area contributed by atoms with E-state index in [2.05, 4.69) is 11.4 Å². The normalized spacial score (nSPS) is 12.9. The fourth-order valence-corrected chi connectivity index (χ4v) is 1.57. The standard InChI is InChI=1S/C16H20N2O4/c1-11(2)16(3,10-17)18-14(19)9-22-15(20)12-5-7-13(21-4)8-6-12/h5-8,11H,9H2,1-4H3,(H,18,19)/t16-/m1/s1. The molecule has 1 N–H and O–H groups in total. The van der Waals surface area contributed by atoms with Crippen molar-refractivity contribution >= 4 is 11.9 Å². The first-order chi connectivity index (χ1) is 10.3. The fourth-order valence-electron chi connectivity index (χ4n) is 1.57. The van der Waals surface area contributed by atoms with Gasteiger partial charge in [-0.25, -0.2) is 4.79 Å². The molecule has 0 aliphatic rings. The lowest BCUT2D eigenvalue weighted by molar-refractivity contribution is -0.125. The van der Waals surface area contributed by atoms with E-state index in [9.17, 15) is 9.59 Å². The van der Waals surface area contributed by atoms with Gasteiger partial charge in [0.05, 0.1) is 18.7 Å². The van der Waals surface area contributed by atoms with Gasteiger partial charge in [-0.3, -0.25) is 4.79 Å². The third kappa shape index (κ3) is 4.48. The van der Waals surface area contributed by atoms with Crippen molar-refractivity contribution in [2.24, 2.45) is 5.92 Å².